The third kappa shape index (κ3) is 4.83. The van der Waals surface area contributed by atoms with Gasteiger partial charge in [0.05, 0.1) is 7.11 Å². The molecule has 7 nitrogen and oxygen atoms in total. The molecule has 0 radical (unpaired) electrons. The Balaban J connectivity index is 1.61. The Labute approximate surface area is 167 Å². The lowest BCUT2D eigenvalue weighted by Crippen LogP contribution is -2.52. The molecule has 2 saturated heterocycles. The van der Waals surface area contributed by atoms with E-state index < -0.39 is 6.04 Å². The molecule has 1 aromatic carbocycles. The topological polar surface area (TPSA) is 73.9 Å². The van der Waals surface area contributed by atoms with E-state index in [-0.39, 0.29) is 17.7 Å². The number of nitrogens with one attached hydrogen (secondary N) is 2. The van der Waals surface area contributed by atoms with E-state index in [9.17, 15) is 9.59 Å². The van der Waals surface area contributed by atoms with Crippen LogP contribution in [-0.2, 0) is 4.79 Å². The molecule has 2 aliphatic rings. The van der Waals surface area contributed by atoms with E-state index in [0.717, 1.165) is 45.7 Å². The molecule has 2 heterocycles. The number of carbonyl (C=O) groups excluding carboxylic acids is 2. The third-order valence-corrected chi connectivity index (χ3v) is 5.71. The summed E-state index contributed by atoms with van der Waals surface area (Å²) >= 11 is 0. The van der Waals surface area contributed by atoms with Gasteiger partial charge in [-0.05, 0) is 36.6 Å². The molecule has 2 N–H and O–H groups in total. The summed E-state index contributed by atoms with van der Waals surface area (Å²) in [6.45, 7) is 9.55. The lowest BCUT2D eigenvalue weighted by molar-refractivity contribution is -0.133. The molecule has 1 aromatic rings. The maximum absolute atomic E-state index is 13.1. The van der Waals surface area contributed by atoms with Gasteiger partial charge in [-0.25, -0.2) is 0 Å². The second kappa shape index (κ2) is 9.39. The number of piperazine rings is 1. The summed E-state index contributed by atoms with van der Waals surface area (Å²) < 4.78 is 5.13. The molecule has 0 saturated carbocycles. The Kier molecular flexibility index (Phi) is 6.91. The molecule has 28 heavy (non-hydrogen) atoms. The van der Waals surface area contributed by atoms with Gasteiger partial charge < -0.3 is 20.3 Å². The van der Waals surface area contributed by atoms with Crippen molar-refractivity contribution >= 4 is 11.8 Å². The molecular weight excluding hydrogens is 356 g/mol. The SMILES string of the molecule is COc1ccc(C(=O)NC(C(=O)N2CCC(N3CCNCC3)C2)C(C)C)cc1. The van der Waals surface area contributed by atoms with Crippen LogP contribution in [0.3, 0.4) is 0 Å². The normalized spacial score (nSPS) is 21.6. The summed E-state index contributed by atoms with van der Waals surface area (Å²) in [7, 11) is 1.59. The second-order valence-electron chi connectivity index (χ2n) is 7.94. The number of benzene rings is 1. The largest absolute Gasteiger partial charge is 0.497 e. The average molecular weight is 389 g/mol. The van der Waals surface area contributed by atoms with Crippen molar-refractivity contribution in [3.8, 4) is 5.75 Å². The molecule has 2 unspecified atom stereocenters. The lowest BCUT2D eigenvalue weighted by atomic mass is 10.0. The van der Waals surface area contributed by atoms with Crippen LogP contribution >= 0.6 is 0 Å². The van der Waals surface area contributed by atoms with E-state index in [1.807, 2.05) is 18.7 Å². The van der Waals surface area contributed by atoms with E-state index in [0.29, 0.717) is 17.4 Å². The summed E-state index contributed by atoms with van der Waals surface area (Å²) in [5.41, 5.74) is 0.527. The number of hydrogen-bond acceptors (Lipinski definition) is 5. The fraction of sp³-hybridized carbons (Fsp3) is 0.619. The highest BCUT2D eigenvalue weighted by atomic mass is 16.5. The first-order chi connectivity index (χ1) is 13.5. The van der Waals surface area contributed by atoms with Gasteiger partial charge in [-0.1, -0.05) is 13.8 Å². The first kappa shape index (κ1) is 20.6. The number of methoxy groups -OCH3 is 1. The van der Waals surface area contributed by atoms with Crippen LogP contribution < -0.4 is 15.4 Å². The smallest absolute Gasteiger partial charge is 0.251 e. The molecule has 2 atom stereocenters. The number of carbonyl (C=O) groups is 2. The molecule has 0 aromatic heterocycles. The fourth-order valence-corrected chi connectivity index (χ4v) is 3.96. The van der Waals surface area contributed by atoms with Gasteiger partial charge in [0.25, 0.3) is 5.91 Å². The summed E-state index contributed by atoms with van der Waals surface area (Å²) in [4.78, 5) is 30.2. The van der Waals surface area contributed by atoms with Crippen LogP contribution in [0, 0.1) is 5.92 Å². The molecule has 0 bridgehead atoms. The number of amides is 2. The number of rotatable bonds is 6. The summed E-state index contributed by atoms with van der Waals surface area (Å²) in [6.07, 6.45) is 1.00. The van der Waals surface area contributed by atoms with Gasteiger partial charge in [-0.15, -0.1) is 0 Å². The van der Waals surface area contributed by atoms with Crippen LogP contribution in [0.1, 0.15) is 30.6 Å². The van der Waals surface area contributed by atoms with Crippen LogP contribution in [0.2, 0.25) is 0 Å². The quantitative estimate of drug-likeness (QED) is 0.759. The predicted octanol–water partition coefficient (Wildman–Crippen LogP) is 0.956. The van der Waals surface area contributed by atoms with Crippen LogP contribution in [0.4, 0.5) is 0 Å². The molecule has 0 aliphatic carbocycles. The average Bonchev–Trinajstić information content (AvgIpc) is 3.22. The van der Waals surface area contributed by atoms with E-state index in [1.165, 1.54) is 0 Å². The minimum atomic E-state index is -0.517. The zero-order valence-corrected chi connectivity index (χ0v) is 17.1. The zero-order chi connectivity index (χ0) is 20.1. The van der Waals surface area contributed by atoms with Gasteiger partial charge in [0.15, 0.2) is 0 Å². The molecule has 2 aliphatic heterocycles. The maximum Gasteiger partial charge on any atom is 0.251 e. The van der Waals surface area contributed by atoms with Crippen molar-refractivity contribution in [2.24, 2.45) is 5.92 Å². The van der Waals surface area contributed by atoms with Gasteiger partial charge in [0, 0.05) is 50.9 Å². The van der Waals surface area contributed by atoms with Gasteiger partial charge in [0.2, 0.25) is 5.91 Å². The van der Waals surface area contributed by atoms with Crippen LogP contribution in [0.5, 0.6) is 5.75 Å². The van der Waals surface area contributed by atoms with E-state index in [2.05, 4.69) is 15.5 Å². The number of nitrogens with zero attached hydrogens (tertiary/aromatic N) is 2. The highest BCUT2D eigenvalue weighted by molar-refractivity contribution is 5.97. The van der Waals surface area contributed by atoms with Gasteiger partial charge >= 0.3 is 0 Å². The molecule has 7 heteroatoms. The highest BCUT2D eigenvalue weighted by Crippen LogP contribution is 2.19. The van der Waals surface area contributed by atoms with Crippen LogP contribution in [-0.4, -0.2) is 80.1 Å². The number of hydrogen-bond donors (Lipinski definition) is 2. The van der Waals surface area contributed by atoms with Gasteiger partial charge in [0.1, 0.15) is 11.8 Å². The van der Waals surface area contributed by atoms with E-state index in [4.69, 9.17) is 4.74 Å². The zero-order valence-electron chi connectivity index (χ0n) is 17.1. The number of likely N-dealkylation sites (tertiary alicyclic amines) is 1. The molecule has 0 spiro atoms. The molecule has 154 valence electrons. The number of ether oxygens (including phenoxy) is 1. The maximum atomic E-state index is 13.1. The Morgan fingerprint density at radius 2 is 1.82 bits per heavy atom. The van der Waals surface area contributed by atoms with Gasteiger partial charge in [-0.3, -0.25) is 14.5 Å². The second-order valence-corrected chi connectivity index (χ2v) is 7.94. The van der Waals surface area contributed by atoms with Gasteiger partial charge in [-0.2, -0.15) is 0 Å². The Morgan fingerprint density at radius 1 is 1.14 bits per heavy atom. The van der Waals surface area contributed by atoms with Crippen LogP contribution in [0.25, 0.3) is 0 Å². The van der Waals surface area contributed by atoms with Crippen molar-refractivity contribution in [2.45, 2.75) is 32.4 Å². The fourth-order valence-electron chi connectivity index (χ4n) is 3.96. The van der Waals surface area contributed by atoms with E-state index >= 15 is 0 Å². The van der Waals surface area contributed by atoms with Crippen molar-refractivity contribution in [3.05, 3.63) is 29.8 Å². The van der Waals surface area contributed by atoms with Crippen molar-refractivity contribution < 1.29 is 14.3 Å². The Hall–Kier alpha value is -2.12. The molecule has 2 fully saturated rings. The first-order valence-electron chi connectivity index (χ1n) is 10.2. The van der Waals surface area contributed by atoms with Crippen molar-refractivity contribution in [1.29, 1.82) is 0 Å². The summed E-state index contributed by atoms with van der Waals surface area (Å²) in [6, 6.07) is 6.84. The van der Waals surface area contributed by atoms with Crippen molar-refractivity contribution in [1.82, 2.24) is 20.4 Å². The molecule has 3 rings (SSSR count). The summed E-state index contributed by atoms with van der Waals surface area (Å²) in [5.74, 6) is 0.513. The minimum Gasteiger partial charge on any atom is -0.497 e. The summed E-state index contributed by atoms with van der Waals surface area (Å²) in [5, 5.41) is 6.32. The van der Waals surface area contributed by atoms with Crippen LogP contribution in [0.15, 0.2) is 24.3 Å². The lowest BCUT2D eigenvalue weighted by Gasteiger charge is -2.33. The Morgan fingerprint density at radius 3 is 2.43 bits per heavy atom. The standard InChI is InChI=1S/C21H32N4O3/c1-15(2)19(23-20(26)16-4-6-18(28-3)7-5-16)21(27)25-11-8-17(14-25)24-12-9-22-10-13-24/h4-7,15,17,19,22H,8-14H2,1-3H3,(H,23,26). The van der Waals surface area contributed by atoms with Crippen molar-refractivity contribution in [3.63, 3.8) is 0 Å². The predicted molar refractivity (Wildman–Crippen MR) is 109 cm³/mol. The molecular formula is C21H32N4O3. The van der Waals surface area contributed by atoms with E-state index in [1.54, 1.807) is 31.4 Å². The third-order valence-electron chi connectivity index (χ3n) is 5.71. The Bertz CT molecular complexity index is 671. The first-order valence-corrected chi connectivity index (χ1v) is 10.2. The monoisotopic (exact) mass is 388 g/mol. The highest BCUT2D eigenvalue weighted by Gasteiger charge is 2.35. The molecule has 2 amide bonds. The minimum absolute atomic E-state index is 0.0212. The van der Waals surface area contributed by atoms with Crippen molar-refractivity contribution in [2.75, 3.05) is 46.4 Å².